The lowest BCUT2D eigenvalue weighted by atomic mass is 10.1. The van der Waals surface area contributed by atoms with E-state index in [1.165, 1.54) is 23.5 Å². The first kappa shape index (κ1) is 17.0. The van der Waals surface area contributed by atoms with Crippen LogP contribution in [0.2, 0.25) is 0 Å². The first-order chi connectivity index (χ1) is 10.9. The lowest BCUT2D eigenvalue weighted by molar-refractivity contribution is -0.385. The molecule has 1 aromatic carbocycles. The third-order valence-electron chi connectivity index (χ3n) is 2.98. The van der Waals surface area contributed by atoms with Gasteiger partial charge in [-0.15, -0.1) is 11.3 Å². The van der Waals surface area contributed by atoms with Crippen LogP contribution in [-0.2, 0) is 9.53 Å². The van der Waals surface area contributed by atoms with Crippen LogP contribution in [0.3, 0.4) is 0 Å². The van der Waals surface area contributed by atoms with E-state index >= 15 is 0 Å². The number of nitro benzene ring substituents is 1. The number of carbonyl (C=O) groups is 1. The second kappa shape index (κ2) is 7.30. The number of benzene rings is 1. The number of thiazole rings is 1. The maximum absolute atomic E-state index is 11.6. The van der Waals surface area contributed by atoms with Crippen molar-refractivity contribution in [2.24, 2.45) is 0 Å². The summed E-state index contributed by atoms with van der Waals surface area (Å²) in [5, 5.41) is 11.5. The van der Waals surface area contributed by atoms with Crippen LogP contribution >= 0.6 is 23.6 Å². The molecule has 0 amide bonds. The molecule has 0 atom stereocenters. The Kier molecular flexibility index (Phi) is 5.41. The first-order valence-electron chi connectivity index (χ1n) is 6.75. The summed E-state index contributed by atoms with van der Waals surface area (Å²) >= 11 is 6.39. The van der Waals surface area contributed by atoms with Gasteiger partial charge in [0.05, 0.1) is 21.4 Å². The van der Waals surface area contributed by atoms with E-state index in [2.05, 4.69) is 4.98 Å². The van der Waals surface area contributed by atoms with Gasteiger partial charge in [-0.1, -0.05) is 12.1 Å². The van der Waals surface area contributed by atoms with Crippen molar-refractivity contribution in [3.63, 3.8) is 0 Å². The molecule has 2 rings (SSSR count). The summed E-state index contributed by atoms with van der Waals surface area (Å²) in [6.07, 6.45) is 3.07. The monoisotopic (exact) mass is 350 g/mol. The number of nitro groups is 1. The zero-order chi connectivity index (χ0) is 17.0. The normalized spacial score (nSPS) is 12.4. The zero-order valence-electron chi connectivity index (χ0n) is 12.5. The minimum atomic E-state index is -0.471. The fourth-order valence-electron chi connectivity index (χ4n) is 1.93. The highest BCUT2D eigenvalue weighted by molar-refractivity contribution is 7.73. The maximum atomic E-state index is 11.6. The average molecular weight is 350 g/mol. The van der Waals surface area contributed by atoms with Crippen LogP contribution in [-0.4, -0.2) is 22.5 Å². The summed E-state index contributed by atoms with van der Waals surface area (Å²) in [7, 11) is 0. The van der Waals surface area contributed by atoms with Crippen molar-refractivity contribution in [2.75, 3.05) is 6.61 Å². The molecule has 0 radical (unpaired) electrons. The lowest BCUT2D eigenvalue weighted by Crippen LogP contribution is -2.23. The van der Waals surface area contributed by atoms with Gasteiger partial charge < -0.3 is 9.72 Å². The summed E-state index contributed by atoms with van der Waals surface area (Å²) in [6.45, 7) is 3.69. The SMILES string of the molecule is CCOC(=O)/C=c1\[nH]c(=S)s\c1=C/c1ccc(C)c([N+](=O)[O-])c1. The van der Waals surface area contributed by atoms with Crippen molar-refractivity contribution in [1.82, 2.24) is 4.98 Å². The number of nitrogens with zero attached hydrogens (tertiary/aromatic N) is 1. The Hall–Kier alpha value is -2.32. The van der Waals surface area contributed by atoms with Crippen LogP contribution in [0.15, 0.2) is 18.2 Å². The summed E-state index contributed by atoms with van der Waals surface area (Å²) in [6, 6.07) is 4.95. The van der Waals surface area contributed by atoms with Crippen LogP contribution in [0.25, 0.3) is 12.2 Å². The predicted molar refractivity (Wildman–Crippen MR) is 91.3 cm³/mol. The topological polar surface area (TPSA) is 85.2 Å². The molecule has 0 aliphatic heterocycles. The van der Waals surface area contributed by atoms with E-state index in [4.69, 9.17) is 17.0 Å². The third-order valence-corrected chi connectivity index (χ3v) is 4.18. The van der Waals surface area contributed by atoms with Crippen molar-refractivity contribution in [1.29, 1.82) is 0 Å². The number of esters is 1. The fraction of sp³-hybridized carbons (Fsp3) is 0.200. The Bertz CT molecular complexity index is 928. The number of aromatic amines is 1. The summed E-state index contributed by atoms with van der Waals surface area (Å²) in [5.41, 5.74) is 1.30. The highest BCUT2D eigenvalue weighted by Crippen LogP contribution is 2.19. The molecule has 120 valence electrons. The van der Waals surface area contributed by atoms with Gasteiger partial charge >= 0.3 is 5.97 Å². The van der Waals surface area contributed by atoms with Gasteiger partial charge in [-0.25, -0.2) is 4.79 Å². The molecule has 0 fully saturated rings. The van der Waals surface area contributed by atoms with Gasteiger partial charge in [0.25, 0.3) is 5.69 Å². The van der Waals surface area contributed by atoms with E-state index < -0.39 is 10.9 Å². The number of aryl methyl sites for hydroxylation is 1. The number of hydrogen-bond acceptors (Lipinski definition) is 6. The van der Waals surface area contributed by atoms with Gasteiger partial charge in [0.15, 0.2) is 3.95 Å². The molecule has 0 aliphatic rings. The maximum Gasteiger partial charge on any atom is 0.332 e. The van der Waals surface area contributed by atoms with E-state index in [1.807, 2.05) is 0 Å². The van der Waals surface area contributed by atoms with Gasteiger partial charge in [0.1, 0.15) is 0 Å². The summed E-state index contributed by atoms with van der Waals surface area (Å²) in [5.74, 6) is -0.471. The van der Waals surface area contributed by atoms with Crippen LogP contribution in [0, 0.1) is 21.0 Å². The molecule has 0 saturated carbocycles. The standard InChI is InChI=1S/C15H14N2O4S2/c1-3-21-14(18)8-11-13(23-15(22)16-11)7-10-5-4-9(2)12(6-10)17(19)20/h4-8H,3H2,1-2H3,(H,16,22)/b11-8-,13-7-. The van der Waals surface area contributed by atoms with Crippen LogP contribution in [0.5, 0.6) is 0 Å². The molecular weight excluding hydrogens is 336 g/mol. The highest BCUT2D eigenvalue weighted by Gasteiger charge is 2.10. The Morgan fingerprint density at radius 3 is 2.91 bits per heavy atom. The molecule has 23 heavy (non-hydrogen) atoms. The van der Waals surface area contributed by atoms with Crippen molar-refractivity contribution in [3.05, 3.63) is 53.3 Å². The molecule has 2 aromatic rings. The molecule has 1 aromatic heterocycles. The van der Waals surface area contributed by atoms with Crippen molar-refractivity contribution < 1.29 is 14.5 Å². The molecule has 1 heterocycles. The average Bonchev–Trinajstić information content (AvgIpc) is 2.80. The van der Waals surface area contributed by atoms with E-state index in [1.54, 1.807) is 32.1 Å². The first-order valence-corrected chi connectivity index (χ1v) is 7.97. The van der Waals surface area contributed by atoms with Gasteiger partial charge in [0, 0.05) is 17.7 Å². The van der Waals surface area contributed by atoms with Crippen LogP contribution in [0.1, 0.15) is 18.1 Å². The fourth-order valence-corrected chi connectivity index (χ4v) is 3.09. The minimum Gasteiger partial charge on any atom is -0.463 e. The van der Waals surface area contributed by atoms with Gasteiger partial charge in [0.2, 0.25) is 0 Å². The second-order valence-corrected chi connectivity index (χ2v) is 6.36. The zero-order valence-corrected chi connectivity index (χ0v) is 14.1. The number of nitrogens with one attached hydrogen (secondary N) is 1. The Balaban J connectivity index is 2.57. The molecule has 6 nitrogen and oxygen atoms in total. The Morgan fingerprint density at radius 2 is 2.26 bits per heavy atom. The van der Waals surface area contributed by atoms with Gasteiger partial charge in [-0.2, -0.15) is 0 Å². The van der Waals surface area contributed by atoms with E-state index in [0.29, 0.717) is 25.0 Å². The van der Waals surface area contributed by atoms with Gasteiger partial charge in [-0.05, 0) is 37.7 Å². The molecule has 1 N–H and O–H groups in total. The van der Waals surface area contributed by atoms with Crippen molar-refractivity contribution in [2.45, 2.75) is 13.8 Å². The molecular formula is C15H14N2O4S2. The summed E-state index contributed by atoms with van der Waals surface area (Å²) < 4.78 is 6.10. The minimum absolute atomic E-state index is 0.0498. The van der Waals surface area contributed by atoms with E-state index in [-0.39, 0.29) is 12.3 Å². The number of aromatic nitrogens is 1. The molecule has 0 bridgehead atoms. The largest absolute Gasteiger partial charge is 0.463 e. The molecule has 0 unspecified atom stereocenters. The number of hydrogen-bond donors (Lipinski definition) is 1. The molecule has 0 aliphatic carbocycles. The number of rotatable bonds is 4. The molecule has 0 spiro atoms. The van der Waals surface area contributed by atoms with Crippen LogP contribution < -0.4 is 9.88 Å². The Morgan fingerprint density at radius 1 is 1.52 bits per heavy atom. The smallest absolute Gasteiger partial charge is 0.332 e. The second-order valence-electron chi connectivity index (χ2n) is 4.64. The van der Waals surface area contributed by atoms with E-state index in [0.717, 1.165) is 0 Å². The summed E-state index contributed by atoms with van der Waals surface area (Å²) in [4.78, 5) is 25.1. The number of carbonyl (C=O) groups excluding carboxylic acids is 1. The predicted octanol–water partition coefficient (Wildman–Crippen LogP) is 2.19. The quantitative estimate of drug-likeness (QED) is 0.395. The van der Waals surface area contributed by atoms with Gasteiger partial charge in [-0.3, -0.25) is 10.1 Å². The van der Waals surface area contributed by atoms with Crippen molar-refractivity contribution in [3.8, 4) is 0 Å². The third kappa shape index (κ3) is 4.33. The van der Waals surface area contributed by atoms with Crippen LogP contribution in [0.4, 0.5) is 5.69 Å². The highest BCUT2D eigenvalue weighted by atomic mass is 32.1. The van der Waals surface area contributed by atoms with E-state index in [9.17, 15) is 14.9 Å². The molecule has 0 saturated heterocycles. The Labute approximate surface area is 140 Å². The van der Waals surface area contributed by atoms with Crippen molar-refractivity contribution >= 4 is 47.4 Å². The lowest BCUT2D eigenvalue weighted by Gasteiger charge is -1.98. The molecule has 8 heteroatoms. The number of ether oxygens (including phenoxy) is 1. The number of H-pyrrole nitrogens is 1.